The summed E-state index contributed by atoms with van der Waals surface area (Å²) in [7, 11) is 1.55. The number of pyridine rings is 2. The van der Waals surface area contributed by atoms with Gasteiger partial charge in [0.15, 0.2) is 11.6 Å². The second-order valence-electron chi connectivity index (χ2n) is 4.10. The van der Waals surface area contributed by atoms with Crippen LogP contribution in [-0.2, 0) is 6.42 Å². The Morgan fingerprint density at radius 2 is 2.10 bits per heavy atom. The van der Waals surface area contributed by atoms with Crippen molar-refractivity contribution in [1.29, 1.82) is 0 Å². The van der Waals surface area contributed by atoms with E-state index in [1.807, 2.05) is 18.2 Å². The topological polar surface area (TPSA) is 66.9 Å². The molecule has 0 fully saturated rings. The number of nitrogens with one attached hydrogen (secondary N) is 2. The summed E-state index contributed by atoms with van der Waals surface area (Å²) in [5, 5.41) is 5.26. The first-order chi connectivity index (χ1) is 9.72. The van der Waals surface area contributed by atoms with Gasteiger partial charge in [0.2, 0.25) is 0 Å². The summed E-state index contributed by atoms with van der Waals surface area (Å²) in [6.45, 7) is 0.395. The molecule has 0 atom stereocenters. The third-order valence-corrected chi connectivity index (χ3v) is 2.76. The normalized spacial score (nSPS) is 10.1. The summed E-state index contributed by atoms with van der Waals surface area (Å²) in [6.07, 6.45) is 3.68. The van der Waals surface area contributed by atoms with Crippen molar-refractivity contribution in [3.63, 3.8) is 0 Å². The lowest BCUT2D eigenvalue weighted by Gasteiger charge is -2.08. The van der Waals surface area contributed by atoms with Crippen LogP contribution in [0.5, 0.6) is 0 Å². The van der Waals surface area contributed by atoms with Crippen LogP contribution in [0.15, 0.2) is 36.7 Å². The monoisotopic (exact) mass is 274 g/mol. The lowest BCUT2D eigenvalue weighted by molar-refractivity contribution is 0.0950. The standard InChI is InChI=1S/C14H15FN4O/c1-16-13-12(15)11(6-9-18-13)14(20)19-8-5-10-4-2-3-7-17-10/h2-4,6-7,9H,5,8H2,1H3,(H,16,18)(H,19,20). The third-order valence-electron chi connectivity index (χ3n) is 2.76. The van der Waals surface area contributed by atoms with Crippen molar-refractivity contribution >= 4 is 11.7 Å². The molecule has 0 saturated carbocycles. The molecule has 0 aliphatic heterocycles. The van der Waals surface area contributed by atoms with Gasteiger partial charge in [0.05, 0.1) is 5.56 Å². The third kappa shape index (κ3) is 3.28. The average Bonchev–Trinajstić information content (AvgIpc) is 2.48. The number of hydrogen-bond acceptors (Lipinski definition) is 4. The van der Waals surface area contributed by atoms with Crippen LogP contribution in [0.2, 0.25) is 0 Å². The molecule has 0 unspecified atom stereocenters. The van der Waals surface area contributed by atoms with Crippen LogP contribution in [0.1, 0.15) is 16.1 Å². The predicted molar refractivity (Wildman–Crippen MR) is 74.0 cm³/mol. The Labute approximate surface area is 116 Å². The highest BCUT2D eigenvalue weighted by Crippen LogP contribution is 2.14. The molecule has 0 radical (unpaired) electrons. The first kappa shape index (κ1) is 13.9. The maximum absolute atomic E-state index is 13.9. The van der Waals surface area contributed by atoms with Crippen molar-refractivity contribution < 1.29 is 9.18 Å². The van der Waals surface area contributed by atoms with E-state index in [0.29, 0.717) is 13.0 Å². The first-order valence-corrected chi connectivity index (χ1v) is 6.22. The molecule has 0 saturated heterocycles. The molecule has 6 heteroatoms. The van der Waals surface area contributed by atoms with Gasteiger partial charge in [-0.15, -0.1) is 0 Å². The summed E-state index contributed by atoms with van der Waals surface area (Å²) in [6, 6.07) is 6.93. The van der Waals surface area contributed by atoms with Crippen molar-refractivity contribution in [3.05, 3.63) is 53.7 Å². The van der Waals surface area contributed by atoms with Gasteiger partial charge in [-0.1, -0.05) is 6.07 Å². The maximum atomic E-state index is 13.9. The van der Waals surface area contributed by atoms with E-state index in [2.05, 4.69) is 20.6 Å². The minimum Gasteiger partial charge on any atom is -0.371 e. The summed E-state index contributed by atoms with van der Waals surface area (Å²) in [4.78, 5) is 19.8. The Morgan fingerprint density at radius 1 is 1.25 bits per heavy atom. The van der Waals surface area contributed by atoms with Crippen molar-refractivity contribution in [3.8, 4) is 0 Å². The van der Waals surface area contributed by atoms with Crippen LogP contribution in [0.4, 0.5) is 10.2 Å². The number of halogens is 1. The number of aromatic nitrogens is 2. The van der Waals surface area contributed by atoms with Crippen LogP contribution in [0.3, 0.4) is 0 Å². The van der Waals surface area contributed by atoms with Crippen molar-refractivity contribution in [2.24, 2.45) is 0 Å². The van der Waals surface area contributed by atoms with Crippen molar-refractivity contribution in [2.45, 2.75) is 6.42 Å². The zero-order valence-electron chi connectivity index (χ0n) is 11.1. The first-order valence-electron chi connectivity index (χ1n) is 6.22. The molecular weight excluding hydrogens is 259 g/mol. The molecule has 2 aromatic rings. The number of carbonyl (C=O) groups excluding carboxylic acids is 1. The number of nitrogens with zero attached hydrogens (tertiary/aromatic N) is 2. The summed E-state index contributed by atoms with van der Waals surface area (Å²) in [5.74, 6) is -1.05. The summed E-state index contributed by atoms with van der Waals surface area (Å²) >= 11 is 0. The van der Waals surface area contributed by atoms with Crippen molar-refractivity contribution in [1.82, 2.24) is 15.3 Å². The quantitative estimate of drug-likeness (QED) is 0.869. The van der Waals surface area contributed by atoms with Gasteiger partial charge < -0.3 is 10.6 Å². The van der Waals surface area contributed by atoms with Crippen LogP contribution >= 0.6 is 0 Å². The SMILES string of the molecule is CNc1nccc(C(=O)NCCc2ccccn2)c1F. The fourth-order valence-electron chi connectivity index (χ4n) is 1.74. The number of carbonyl (C=O) groups is 1. The Balaban J connectivity index is 1.95. The molecular formula is C14H15FN4O. The number of anilines is 1. The van der Waals surface area contributed by atoms with Gasteiger partial charge >= 0.3 is 0 Å². The molecule has 1 amide bonds. The Hall–Kier alpha value is -2.50. The highest BCUT2D eigenvalue weighted by molar-refractivity contribution is 5.95. The van der Waals surface area contributed by atoms with E-state index in [9.17, 15) is 9.18 Å². The van der Waals surface area contributed by atoms with Crippen LogP contribution in [-0.4, -0.2) is 29.5 Å². The van der Waals surface area contributed by atoms with E-state index in [1.165, 1.54) is 12.3 Å². The van der Waals surface area contributed by atoms with Gasteiger partial charge in [0.1, 0.15) is 0 Å². The molecule has 0 aliphatic rings. The largest absolute Gasteiger partial charge is 0.371 e. The zero-order valence-corrected chi connectivity index (χ0v) is 11.1. The van der Waals surface area contributed by atoms with Crippen LogP contribution in [0, 0.1) is 5.82 Å². The van der Waals surface area contributed by atoms with Gasteiger partial charge in [-0.05, 0) is 18.2 Å². The summed E-state index contributed by atoms with van der Waals surface area (Å²) < 4.78 is 13.9. The van der Waals surface area contributed by atoms with E-state index in [0.717, 1.165) is 5.69 Å². The van der Waals surface area contributed by atoms with E-state index in [4.69, 9.17) is 0 Å². The second-order valence-corrected chi connectivity index (χ2v) is 4.10. The fourth-order valence-corrected chi connectivity index (χ4v) is 1.74. The molecule has 2 aromatic heterocycles. The molecule has 0 aromatic carbocycles. The van der Waals surface area contributed by atoms with Gasteiger partial charge in [-0.25, -0.2) is 9.37 Å². The van der Waals surface area contributed by atoms with Crippen LogP contribution < -0.4 is 10.6 Å². The van der Waals surface area contributed by atoms with E-state index < -0.39 is 11.7 Å². The summed E-state index contributed by atoms with van der Waals surface area (Å²) in [5.41, 5.74) is 0.851. The van der Waals surface area contributed by atoms with Crippen molar-refractivity contribution in [2.75, 3.05) is 18.9 Å². The molecule has 2 N–H and O–H groups in total. The molecule has 0 aliphatic carbocycles. The maximum Gasteiger partial charge on any atom is 0.254 e. The average molecular weight is 274 g/mol. The van der Waals surface area contributed by atoms with Gasteiger partial charge in [0.25, 0.3) is 5.91 Å². The minimum absolute atomic E-state index is 0.0228. The lowest BCUT2D eigenvalue weighted by Crippen LogP contribution is -2.27. The van der Waals surface area contributed by atoms with Gasteiger partial charge in [-0.3, -0.25) is 9.78 Å². The fraction of sp³-hybridized carbons (Fsp3) is 0.214. The molecule has 2 heterocycles. The molecule has 0 bridgehead atoms. The zero-order chi connectivity index (χ0) is 14.4. The van der Waals surface area contributed by atoms with E-state index in [-0.39, 0.29) is 11.4 Å². The highest BCUT2D eigenvalue weighted by Gasteiger charge is 2.14. The van der Waals surface area contributed by atoms with E-state index >= 15 is 0 Å². The molecule has 5 nitrogen and oxygen atoms in total. The minimum atomic E-state index is -0.648. The van der Waals surface area contributed by atoms with Crippen LogP contribution in [0.25, 0.3) is 0 Å². The number of amides is 1. The Bertz CT molecular complexity index is 589. The number of rotatable bonds is 5. The predicted octanol–water partition coefficient (Wildman–Crippen LogP) is 1.63. The van der Waals surface area contributed by atoms with Gasteiger partial charge in [-0.2, -0.15) is 0 Å². The molecule has 2 rings (SSSR count). The lowest BCUT2D eigenvalue weighted by atomic mass is 10.2. The second kappa shape index (κ2) is 6.60. The smallest absolute Gasteiger partial charge is 0.254 e. The number of hydrogen-bond donors (Lipinski definition) is 2. The highest BCUT2D eigenvalue weighted by atomic mass is 19.1. The Kier molecular flexibility index (Phi) is 4.60. The van der Waals surface area contributed by atoms with Gasteiger partial charge in [0, 0.05) is 38.1 Å². The van der Waals surface area contributed by atoms with E-state index in [1.54, 1.807) is 13.2 Å². The molecule has 104 valence electrons. The molecule has 20 heavy (non-hydrogen) atoms. The Morgan fingerprint density at radius 3 is 2.80 bits per heavy atom. The molecule has 0 spiro atoms.